The normalized spacial score (nSPS) is 11.2. The zero-order valence-corrected chi connectivity index (χ0v) is 7.73. The van der Waals surface area contributed by atoms with Gasteiger partial charge in [-0.1, -0.05) is 0 Å². The maximum Gasteiger partial charge on any atom is 0.185 e. The zero-order chi connectivity index (χ0) is 10.4. The second-order valence-electron chi connectivity index (χ2n) is 3.36. The number of H-pyrrole nitrogens is 1. The number of aromatic hydroxyl groups is 2. The fourth-order valence-corrected chi connectivity index (χ4v) is 1.83. The first-order chi connectivity index (χ1) is 7.29. The molecule has 0 aliphatic heterocycles. The second-order valence-corrected chi connectivity index (χ2v) is 3.36. The lowest BCUT2D eigenvalue weighted by molar-refractivity contribution is 0.412. The lowest BCUT2D eigenvalue weighted by Crippen LogP contribution is -1.82. The lowest BCUT2D eigenvalue weighted by atomic mass is 10.1. The smallest absolute Gasteiger partial charge is 0.185 e. The van der Waals surface area contributed by atoms with Crippen molar-refractivity contribution < 1.29 is 10.2 Å². The highest BCUT2D eigenvalue weighted by atomic mass is 16.3. The quantitative estimate of drug-likeness (QED) is 0.487. The van der Waals surface area contributed by atoms with Crippen molar-refractivity contribution in [1.82, 2.24) is 9.97 Å². The van der Waals surface area contributed by atoms with E-state index in [9.17, 15) is 10.2 Å². The van der Waals surface area contributed by atoms with Crippen LogP contribution < -0.4 is 0 Å². The molecular formula is C11H8N2O2. The number of nitrogens with one attached hydrogen (secondary N) is 1. The minimum Gasteiger partial charge on any atom is -0.504 e. The van der Waals surface area contributed by atoms with E-state index in [1.54, 1.807) is 24.5 Å². The van der Waals surface area contributed by atoms with Gasteiger partial charge < -0.3 is 15.2 Å². The number of hydrogen-bond donors (Lipinski definition) is 3. The Labute approximate surface area is 84.8 Å². The molecule has 0 atom stereocenters. The minimum absolute atomic E-state index is 0.127. The standard InChI is InChI=1S/C11H8N2O2/c14-10-7-3-5-13-8(7)6-2-1-4-12-9(6)11(10)15/h1-5,13-15H. The van der Waals surface area contributed by atoms with Crippen LogP contribution in [0.15, 0.2) is 30.6 Å². The number of aromatic nitrogens is 2. The third-order valence-corrected chi connectivity index (χ3v) is 2.53. The number of fused-ring (bicyclic) bond motifs is 3. The largest absolute Gasteiger partial charge is 0.504 e. The van der Waals surface area contributed by atoms with Gasteiger partial charge in [-0.15, -0.1) is 0 Å². The minimum atomic E-state index is -0.169. The molecule has 2 aromatic heterocycles. The third-order valence-electron chi connectivity index (χ3n) is 2.53. The first-order valence-electron chi connectivity index (χ1n) is 4.55. The van der Waals surface area contributed by atoms with Gasteiger partial charge in [0.25, 0.3) is 0 Å². The molecule has 74 valence electrons. The summed E-state index contributed by atoms with van der Waals surface area (Å²) in [6.07, 6.45) is 3.30. The van der Waals surface area contributed by atoms with Crippen LogP contribution in [-0.2, 0) is 0 Å². The fourth-order valence-electron chi connectivity index (χ4n) is 1.83. The van der Waals surface area contributed by atoms with Crippen LogP contribution in [0.2, 0.25) is 0 Å². The predicted molar refractivity (Wildman–Crippen MR) is 56.9 cm³/mol. The molecule has 0 amide bonds. The number of hydrogen-bond acceptors (Lipinski definition) is 3. The lowest BCUT2D eigenvalue weighted by Gasteiger charge is -2.04. The van der Waals surface area contributed by atoms with E-state index in [4.69, 9.17) is 0 Å². The van der Waals surface area contributed by atoms with E-state index < -0.39 is 0 Å². The first-order valence-corrected chi connectivity index (χ1v) is 4.55. The number of pyridine rings is 1. The van der Waals surface area contributed by atoms with Gasteiger partial charge in [-0.05, 0) is 18.2 Å². The van der Waals surface area contributed by atoms with Crippen molar-refractivity contribution in [3.05, 3.63) is 30.6 Å². The van der Waals surface area contributed by atoms with Crippen molar-refractivity contribution >= 4 is 21.8 Å². The summed E-state index contributed by atoms with van der Waals surface area (Å²) < 4.78 is 0. The van der Waals surface area contributed by atoms with Crippen LogP contribution in [0.3, 0.4) is 0 Å². The summed E-state index contributed by atoms with van der Waals surface area (Å²) in [5, 5.41) is 20.9. The number of benzene rings is 1. The molecule has 0 aliphatic carbocycles. The summed E-state index contributed by atoms with van der Waals surface area (Å²) in [6.45, 7) is 0. The number of rotatable bonds is 0. The van der Waals surface area contributed by atoms with Crippen molar-refractivity contribution in [3.63, 3.8) is 0 Å². The average Bonchev–Trinajstić information content (AvgIpc) is 2.75. The summed E-state index contributed by atoms with van der Waals surface area (Å²) in [5.74, 6) is -0.296. The molecule has 3 aromatic rings. The summed E-state index contributed by atoms with van der Waals surface area (Å²) in [6, 6.07) is 5.36. The van der Waals surface area contributed by atoms with Crippen LogP contribution in [-0.4, -0.2) is 20.2 Å². The Morgan fingerprint density at radius 3 is 2.80 bits per heavy atom. The van der Waals surface area contributed by atoms with Crippen molar-refractivity contribution in [3.8, 4) is 11.5 Å². The Kier molecular flexibility index (Phi) is 1.42. The average molecular weight is 200 g/mol. The second kappa shape index (κ2) is 2.63. The molecular weight excluding hydrogens is 192 g/mol. The number of phenols is 2. The maximum absolute atomic E-state index is 9.75. The van der Waals surface area contributed by atoms with Gasteiger partial charge in [-0.25, -0.2) is 0 Å². The highest BCUT2D eigenvalue weighted by molar-refractivity contribution is 6.10. The molecule has 0 aliphatic rings. The van der Waals surface area contributed by atoms with Gasteiger partial charge in [0, 0.05) is 23.2 Å². The molecule has 0 bridgehead atoms. The highest BCUT2D eigenvalue weighted by Crippen LogP contribution is 2.39. The van der Waals surface area contributed by atoms with Crippen molar-refractivity contribution in [2.45, 2.75) is 0 Å². The van der Waals surface area contributed by atoms with Crippen molar-refractivity contribution in [2.75, 3.05) is 0 Å². The van der Waals surface area contributed by atoms with Gasteiger partial charge in [0.2, 0.25) is 0 Å². The van der Waals surface area contributed by atoms with Crippen molar-refractivity contribution in [1.29, 1.82) is 0 Å². The first kappa shape index (κ1) is 8.11. The number of phenolic OH excluding ortho intramolecular Hbond substituents is 2. The van der Waals surface area contributed by atoms with Crippen LogP contribution in [0.1, 0.15) is 0 Å². The summed E-state index contributed by atoms with van der Waals surface area (Å²) >= 11 is 0. The van der Waals surface area contributed by atoms with E-state index in [0.717, 1.165) is 10.9 Å². The van der Waals surface area contributed by atoms with Gasteiger partial charge in [0.15, 0.2) is 11.5 Å². The number of nitrogens with zero attached hydrogens (tertiary/aromatic N) is 1. The molecule has 3 rings (SSSR count). The fraction of sp³-hybridized carbons (Fsp3) is 0. The molecule has 15 heavy (non-hydrogen) atoms. The Morgan fingerprint density at radius 1 is 1.07 bits per heavy atom. The molecule has 0 unspecified atom stereocenters. The van der Waals surface area contributed by atoms with Crippen LogP contribution in [0.5, 0.6) is 11.5 Å². The Morgan fingerprint density at radius 2 is 1.93 bits per heavy atom. The zero-order valence-electron chi connectivity index (χ0n) is 7.73. The highest BCUT2D eigenvalue weighted by Gasteiger charge is 2.13. The van der Waals surface area contributed by atoms with E-state index in [1.165, 1.54) is 0 Å². The van der Waals surface area contributed by atoms with Crippen LogP contribution in [0, 0.1) is 0 Å². The third kappa shape index (κ3) is 0.929. The molecule has 4 nitrogen and oxygen atoms in total. The molecule has 0 spiro atoms. The summed E-state index contributed by atoms with van der Waals surface area (Å²) in [4.78, 5) is 7.06. The van der Waals surface area contributed by atoms with E-state index in [1.807, 2.05) is 6.07 Å². The Balaban J connectivity index is 2.70. The van der Waals surface area contributed by atoms with E-state index in [0.29, 0.717) is 10.9 Å². The van der Waals surface area contributed by atoms with Crippen LogP contribution in [0.25, 0.3) is 21.8 Å². The molecule has 2 heterocycles. The van der Waals surface area contributed by atoms with Gasteiger partial charge in [0.1, 0.15) is 5.52 Å². The Bertz CT molecular complexity index is 658. The van der Waals surface area contributed by atoms with Gasteiger partial charge in [-0.3, -0.25) is 4.98 Å². The van der Waals surface area contributed by atoms with Gasteiger partial charge >= 0.3 is 0 Å². The summed E-state index contributed by atoms with van der Waals surface area (Å²) in [7, 11) is 0. The predicted octanol–water partition coefficient (Wildman–Crippen LogP) is 2.13. The molecule has 1 aromatic carbocycles. The molecule has 4 heteroatoms. The number of aromatic amines is 1. The topological polar surface area (TPSA) is 69.1 Å². The maximum atomic E-state index is 9.75. The van der Waals surface area contributed by atoms with Crippen molar-refractivity contribution in [2.24, 2.45) is 0 Å². The van der Waals surface area contributed by atoms with E-state index >= 15 is 0 Å². The molecule has 0 saturated carbocycles. The monoisotopic (exact) mass is 200 g/mol. The van der Waals surface area contributed by atoms with E-state index in [-0.39, 0.29) is 11.5 Å². The summed E-state index contributed by atoms with van der Waals surface area (Å²) in [5.41, 5.74) is 1.19. The SMILES string of the molecule is Oc1c(O)c2ncccc2c2[nH]ccc12. The molecule has 3 N–H and O–H groups in total. The van der Waals surface area contributed by atoms with Crippen LogP contribution >= 0.6 is 0 Å². The van der Waals surface area contributed by atoms with Gasteiger partial charge in [0.05, 0.1) is 5.52 Å². The van der Waals surface area contributed by atoms with E-state index in [2.05, 4.69) is 9.97 Å². The molecule has 0 fully saturated rings. The molecule has 0 radical (unpaired) electrons. The Hall–Kier alpha value is -2.23. The molecule has 0 saturated heterocycles. The van der Waals surface area contributed by atoms with Crippen LogP contribution in [0.4, 0.5) is 0 Å². The van der Waals surface area contributed by atoms with Gasteiger partial charge in [-0.2, -0.15) is 0 Å².